The van der Waals surface area contributed by atoms with Crippen molar-refractivity contribution in [1.29, 1.82) is 0 Å². The molecule has 4 nitrogen and oxygen atoms in total. The first-order valence-electron chi connectivity index (χ1n) is 9.49. The predicted molar refractivity (Wildman–Crippen MR) is 121 cm³/mol. The zero-order chi connectivity index (χ0) is 19.8. The van der Waals surface area contributed by atoms with Gasteiger partial charge in [-0.1, -0.05) is 48.5 Å². The van der Waals surface area contributed by atoms with E-state index < -0.39 is 0 Å². The van der Waals surface area contributed by atoms with Gasteiger partial charge >= 0.3 is 0 Å². The Hall–Kier alpha value is -4.05. The van der Waals surface area contributed by atoms with Crippen molar-refractivity contribution >= 4 is 22.4 Å². The summed E-state index contributed by atoms with van der Waals surface area (Å²) < 4.78 is 2.15. The highest BCUT2D eigenvalue weighted by Crippen LogP contribution is 2.32. The molecule has 1 heterocycles. The molecule has 0 aliphatic carbocycles. The van der Waals surface area contributed by atoms with E-state index in [1.165, 1.54) is 5.56 Å². The fourth-order valence-electron chi connectivity index (χ4n) is 3.64. The maximum Gasteiger partial charge on any atom is 0.145 e. The van der Waals surface area contributed by atoms with Gasteiger partial charge in [0.1, 0.15) is 5.82 Å². The lowest BCUT2D eigenvalue weighted by molar-refractivity contribution is 1.10. The molecule has 140 valence electrons. The molecule has 0 unspecified atom stereocenters. The fraction of sp³-hybridized carbons (Fsp3) is 0. The third-order valence-corrected chi connectivity index (χ3v) is 5.06. The Kier molecular flexibility index (Phi) is 4.03. The lowest BCUT2D eigenvalue weighted by atomic mass is 10.0. The zero-order valence-corrected chi connectivity index (χ0v) is 15.8. The van der Waals surface area contributed by atoms with Crippen molar-refractivity contribution in [2.75, 3.05) is 11.5 Å². The molecule has 0 aliphatic heterocycles. The average Bonchev–Trinajstić information content (AvgIpc) is 3.13. The number of imidazole rings is 1. The van der Waals surface area contributed by atoms with Crippen LogP contribution in [-0.2, 0) is 0 Å². The van der Waals surface area contributed by atoms with Crippen molar-refractivity contribution in [3.8, 4) is 28.2 Å². The van der Waals surface area contributed by atoms with E-state index in [1.807, 2.05) is 60.7 Å². The smallest absolute Gasteiger partial charge is 0.145 e. The van der Waals surface area contributed by atoms with Gasteiger partial charge in [-0.25, -0.2) is 4.98 Å². The molecular formula is C25H20N4. The minimum Gasteiger partial charge on any atom is -0.399 e. The van der Waals surface area contributed by atoms with E-state index in [0.717, 1.165) is 39.4 Å². The van der Waals surface area contributed by atoms with Crippen LogP contribution >= 0.6 is 0 Å². The third kappa shape index (κ3) is 3.11. The molecule has 0 bridgehead atoms. The van der Waals surface area contributed by atoms with Crippen molar-refractivity contribution in [3.05, 3.63) is 97.1 Å². The summed E-state index contributed by atoms with van der Waals surface area (Å²) in [7, 11) is 0. The summed E-state index contributed by atoms with van der Waals surface area (Å²) in [5, 5.41) is 0. The first kappa shape index (κ1) is 17.1. The topological polar surface area (TPSA) is 69.9 Å². The zero-order valence-electron chi connectivity index (χ0n) is 15.8. The lowest BCUT2D eigenvalue weighted by Crippen LogP contribution is -1.98. The van der Waals surface area contributed by atoms with Gasteiger partial charge in [0.05, 0.1) is 11.0 Å². The van der Waals surface area contributed by atoms with E-state index in [2.05, 4.69) is 41.0 Å². The Bertz CT molecular complexity index is 1300. The summed E-state index contributed by atoms with van der Waals surface area (Å²) in [5.41, 5.74) is 19.6. The van der Waals surface area contributed by atoms with E-state index in [9.17, 15) is 0 Å². The maximum atomic E-state index is 6.01. The van der Waals surface area contributed by atoms with Gasteiger partial charge in [0.25, 0.3) is 0 Å². The van der Waals surface area contributed by atoms with Gasteiger partial charge < -0.3 is 11.5 Å². The SMILES string of the molecule is Nc1ccc(-n2c(-c3cccc(-c4ccccc4)c3)nc3cc(N)ccc32)cc1. The minimum atomic E-state index is 0.698. The van der Waals surface area contributed by atoms with Crippen molar-refractivity contribution in [1.82, 2.24) is 9.55 Å². The second-order valence-electron chi connectivity index (χ2n) is 7.06. The van der Waals surface area contributed by atoms with Gasteiger partial charge in [0.2, 0.25) is 0 Å². The standard InChI is InChI=1S/C25H20N4/c26-20-9-12-22(13-10-20)29-24-14-11-21(27)16-23(24)28-25(29)19-8-4-7-18(15-19)17-5-2-1-3-6-17/h1-16H,26-27H2. The highest BCUT2D eigenvalue weighted by atomic mass is 15.1. The molecule has 0 atom stereocenters. The van der Waals surface area contributed by atoms with Crippen LogP contribution in [0.1, 0.15) is 0 Å². The van der Waals surface area contributed by atoms with E-state index in [1.54, 1.807) is 0 Å². The van der Waals surface area contributed by atoms with Crippen molar-refractivity contribution in [2.45, 2.75) is 0 Å². The number of hydrogen-bond donors (Lipinski definition) is 2. The monoisotopic (exact) mass is 376 g/mol. The number of nitrogen functional groups attached to an aromatic ring is 2. The number of aromatic nitrogens is 2. The van der Waals surface area contributed by atoms with Gasteiger partial charge in [-0.05, 0) is 59.7 Å². The molecule has 29 heavy (non-hydrogen) atoms. The molecule has 0 saturated carbocycles. The molecular weight excluding hydrogens is 356 g/mol. The lowest BCUT2D eigenvalue weighted by Gasteiger charge is -2.11. The van der Waals surface area contributed by atoms with Crippen LogP contribution < -0.4 is 11.5 Å². The summed E-state index contributed by atoms with van der Waals surface area (Å²) in [6.07, 6.45) is 0. The first-order valence-corrected chi connectivity index (χ1v) is 9.49. The molecule has 0 aliphatic rings. The highest BCUT2D eigenvalue weighted by Gasteiger charge is 2.15. The van der Waals surface area contributed by atoms with Gasteiger partial charge in [0.15, 0.2) is 0 Å². The summed E-state index contributed by atoms with van der Waals surface area (Å²) in [6, 6.07) is 32.5. The molecule has 5 rings (SSSR count). The largest absolute Gasteiger partial charge is 0.399 e. The Morgan fingerprint density at radius 2 is 1.28 bits per heavy atom. The summed E-state index contributed by atoms with van der Waals surface area (Å²) in [5.74, 6) is 0.869. The number of rotatable bonds is 3. The van der Waals surface area contributed by atoms with Crippen molar-refractivity contribution < 1.29 is 0 Å². The number of nitrogens with two attached hydrogens (primary N) is 2. The van der Waals surface area contributed by atoms with Crippen LogP contribution in [0.25, 0.3) is 39.2 Å². The number of anilines is 2. The van der Waals surface area contributed by atoms with Crippen LogP contribution in [0.5, 0.6) is 0 Å². The van der Waals surface area contributed by atoms with E-state index in [-0.39, 0.29) is 0 Å². The number of hydrogen-bond acceptors (Lipinski definition) is 3. The minimum absolute atomic E-state index is 0.698. The third-order valence-electron chi connectivity index (χ3n) is 5.06. The number of nitrogens with zero attached hydrogens (tertiary/aromatic N) is 2. The normalized spacial score (nSPS) is 11.0. The van der Waals surface area contributed by atoms with Gasteiger partial charge in [-0.2, -0.15) is 0 Å². The fourth-order valence-corrected chi connectivity index (χ4v) is 3.64. The molecule has 0 amide bonds. The van der Waals surface area contributed by atoms with Crippen molar-refractivity contribution in [2.24, 2.45) is 0 Å². The van der Waals surface area contributed by atoms with Gasteiger partial charge in [0, 0.05) is 22.6 Å². The van der Waals surface area contributed by atoms with Crippen LogP contribution in [0.2, 0.25) is 0 Å². The predicted octanol–water partition coefficient (Wildman–Crippen LogP) is 5.52. The summed E-state index contributed by atoms with van der Waals surface area (Å²) >= 11 is 0. The molecule has 5 aromatic rings. The highest BCUT2D eigenvalue weighted by molar-refractivity contribution is 5.86. The number of benzene rings is 4. The van der Waals surface area contributed by atoms with E-state index in [0.29, 0.717) is 5.69 Å². The van der Waals surface area contributed by atoms with Crippen LogP contribution in [0, 0.1) is 0 Å². The van der Waals surface area contributed by atoms with Crippen LogP contribution in [0.15, 0.2) is 97.1 Å². The Morgan fingerprint density at radius 1 is 0.586 bits per heavy atom. The molecule has 4 aromatic carbocycles. The average molecular weight is 376 g/mol. The molecule has 0 radical (unpaired) electrons. The molecule has 4 N–H and O–H groups in total. The quantitative estimate of drug-likeness (QED) is 0.407. The van der Waals surface area contributed by atoms with E-state index >= 15 is 0 Å². The van der Waals surface area contributed by atoms with E-state index in [4.69, 9.17) is 16.5 Å². The molecule has 1 aromatic heterocycles. The molecule has 4 heteroatoms. The Balaban J connectivity index is 1.75. The second-order valence-corrected chi connectivity index (χ2v) is 7.06. The van der Waals surface area contributed by atoms with Crippen molar-refractivity contribution in [3.63, 3.8) is 0 Å². The van der Waals surface area contributed by atoms with Crippen LogP contribution in [0.4, 0.5) is 11.4 Å². The maximum absolute atomic E-state index is 6.01. The molecule has 0 spiro atoms. The van der Waals surface area contributed by atoms with Gasteiger partial charge in [-0.15, -0.1) is 0 Å². The second kappa shape index (κ2) is 6.84. The summed E-state index contributed by atoms with van der Waals surface area (Å²) in [4.78, 5) is 4.93. The molecule has 0 fully saturated rings. The first-order chi connectivity index (χ1) is 14.2. The van der Waals surface area contributed by atoms with Crippen LogP contribution in [0.3, 0.4) is 0 Å². The Labute approximate surface area is 169 Å². The Morgan fingerprint density at radius 3 is 2.07 bits per heavy atom. The number of fused-ring (bicyclic) bond motifs is 1. The van der Waals surface area contributed by atoms with Gasteiger partial charge in [-0.3, -0.25) is 4.57 Å². The molecule has 0 saturated heterocycles. The van der Waals surface area contributed by atoms with Crippen LogP contribution in [-0.4, -0.2) is 9.55 Å². The summed E-state index contributed by atoms with van der Waals surface area (Å²) in [6.45, 7) is 0.